The minimum Gasteiger partial charge on any atom is -0.496 e. The summed E-state index contributed by atoms with van der Waals surface area (Å²) in [7, 11) is 4.42. The second kappa shape index (κ2) is 5.46. The Morgan fingerprint density at radius 1 is 1.19 bits per heavy atom. The van der Waals surface area contributed by atoms with Crippen LogP contribution in [0.25, 0.3) is 0 Å². The van der Waals surface area contributed by atoms with Crippen LogP contribution in [-0.2, 0) is 0 Å². The van der Waals surface area contributed by atoms with Crippen LogP contribution < -0.4 is 14.2 Å². The zero-order valence-corrected chi connectivity index (χ0v) is 9.91. The largest absolute Gasteiger partial charge is 0.496 e. The van der Waals surface area contributed by atoms with Gasteiger partial charge in [0, 0.05) is 6.07 Å². The van der Waals surface area contributed by atoms with Gasteiger partial charge in [0.2, 0.25) is 0 Å². The normalized spacial score (nSPS) is 10.5. The van der Waals surface area contributed by atoms with Gasteiger partial charge in [-0.15, -0.1) is 0 Å². The smallest absolute Gasteiger partial charge is 0.153 e. The van der Waals surface area contributed by atoms with Gasteiger partial charge in [0.1, 0.15) is 16.5 Å². The number of benzene rings is 1. The molecule has 0 radical (unpaired) electrons. The fourth-order valence-corrected chi connectivity index (χ4v) is 1.61. The van der Waals surface area contributed by atoms with Crippen LogP contribution in [0.15, 0.2) is 11.2 Å². The Balaban J connectivity index is 3.50. The highest BCUT2D eigenvalue weighted by Crippen LogP contribution is 2.41. The molecule has 0 aliphatic heterocycles. The van der Waals surface area contributed by atoms with Crippen LogP contribution in [0.3, 0.4) is 0 Å². The van der Waals surface area contributed by atoms with Gasteiger partial charge in [-0.1, -0.05) is 16.8 Å². The lowest BCUT2D eigenvalue weighted by Crippen LogP contribution is -1.99. The predicted molar refractivity (Wildman–Crippen MR) is 60.5 cm³/mol. The van der Waals surface area contributed by atoms with E-state index in [-0.39, 0.29) is 0 Å². The van der Waals surface area contributed by atoms with Crippen molar-refractivity contribution in [3.63, 3.8) is 0 Å². The summed E-state index contributed by atoms with van der Waals surface area (Å²) in [6, 6.07) is 1.59. The van der Waals surface area contributed by atoms with Gasteiger partial charge in [0.05, 0.1) is 33.1 Å². The lowest BCUT2D eigenvalue weighted by molar-refractivity contribution is 0.321. The molecule has 0 aliphatic rings. The predicted octanol–water partition coefficient (Wildman–Crippen LogP) is 2.17. The highest BCUT2D eigenvalue weighted by Gasteiger charge is 2.17. The van der Waals surface area contributed by atoms with Gasteiger partial charge in [0.15, 0.2) is 5.75 Å². The Hall–Kier alpha value is -1.62. The van der Waals surface area contributed by atoms with Gasteiger partial charge < -0.3 is 19.4 Å². The lowest BCUT2D eigenvalue weighted by atomic mass is 10.1. The second-order valence-electron chi connectivity index (χ2n) is 2.79. The number of ether oxygens (including phenoxy) is 3. The van der Waals surface area contributed by atoms with E-state index in [9.17, 15) is 0 Å². The summed E-state index contributed by atoms with van der Waals surface area (Å²) in [5.41, 5.74) is 0.443. The average Bonchev–Trinajstić information content (AvgIpc) is 2.30. The molecule has 0 amide bonds. The van der Waals surface area contributed by atoms with Gasteiger partial charge in [-0.05, 0) is 0 Å². The molecule has 0 fully saturated rings. The third-order valence-electron chi connectivity index (χ3n) is 2.02. The molecule has 0 unspecified atom stereocenters. The quantitative estimate of drug-likeness (QED) is 0.502. The van der Waals surface area contributed by atoms with Crippen molar-refractivity contribution in [1.82, 2.24) is 0 Å². The molecule has 1 aromatic rings. The molecule has 1 N–H and O–H groups in total. The lowest BCUT2D eigenvalue weighted by Gasteiger charge is -2.14. The minimum absolute atomic E-state index is 0.292. The minimum atomic E-state index is 0.292. The molecule has 0 aromatic heterocycles. The van der Waals surface area contributed by atoms with E-state index in [0.29, 0.717) is 27.8 Å². The SMILES string of the molecule is COc1cc(OC)c(/C=N/O)c(OC)c1Cl. The van der Waals surface area contributed by atoms with E-state index in [1.165, 1.54) is 27.5 Å². The first-order valence-electron chi connectivity index (χ1n) is 4.35. The highest BCUT2D eigenvalue weighted by molar-refractivity contribution is 6.34. The van der Waals surface area contributed by atoms with Crippen molar-refractivity contribution in [3.8, 4) is 17.2 Å². The topological polar surface area (TPSA) is 60.3 Å². The Bertz CT molecular complexity index is 406. The third kappa shape index (κ3) is 2.14. The van der Waals surface area contributed by atoms with Crippen LogP contribution in [0.5, 0.6) is 17.2 Å². The summed E-state index contributed by atoms with van der Waals surface area (Å²) >= 11 is 6.03. The van der Waals surface area contributed by atoms with Gasteiger partial charge >= 0.3 is 0 Å². The van der Waals surface area contributed by atoms with E-state index < -0.39 is 0 Å². The van der Waals surface area contributed by atoms with Crippen LogP contribution in [0.2, 0.25) is 5.02 Å². The standard InChI is InChI=1S/C10H12ClNO4/c1-14-7-4-8(15-2)9(11)10(16-3)6(7)5-12-13/h4-5,13H,1-3H3/b12-5+. The van der Waals surface area contributed by atoms with Crippen molar-refractivity contribution in [1.29, 1.82) is 0 Å². The van der Waals surface area contributed by atoms with E-state index in [1.807, 2.05) is 0 Å². The zero-order chi connectivity index (χ0) is 12.1. The molecule has 6 heteroatoms. The molecule has 0 saturated heterocycles. The summed E-state index contributed by atoms with van der Waals surface area (Å²) in [6.45, 7) is 0. The molecular weight excluding hydrogens is 234 g/mol. The van der Waals surface area contributed by atoms with Crippen molar-refractivity contribution in [2.24, 2.45) is 5.16 Å². The molecule has 0 bridgehead atoms. The molecule has 0 heterocycles. The van der Waals surface area contributed by atoms with E-state index in [2.05, 4.69) is 5.16 Å². The number of hydrogen-bond acceptors (Lipinski definition) is 5. The number of rotatable bonds is 4. The van der Waals surface area contributed by atoms with Crippen molar-refractivity contribution in [2.75, 3.05) is 21.3 Å². The summed E-state index contributed by atoms with van der Waals surface area (Å²) in [5, 5.41) is 11.8. The monoisotopic (exact) mass is 245 g/mol. The summed E-state index contributed by atoms with van der Waals surface area (Å²) in [6.07, 6.45) is 1.18. The first-order chi connectivity index (χ1) is 7.69. The molecule has 0 aliphatic carbocycles. The average molecular weight is 246 g/mol. The van der Waals surface area contributed by atoms with E-state index >= 15 is 0 Å². The number of hydrogen-bond donors (Lipinski definition) is 1. The maximum Gasteiger partial charge on any atom is 0.153 e. The Labute approximate surface area is 98.2 Å². The van der Waals surface area contributed by atoms with E-state index in [0.717, 1.165) is 0 Å². The molecular formula is C10H12ClNO4. The fraction of sp³-hybridized carbons (Fsp3) is 0.300. The Morgan fingerprint density at radius 2 is 1.81 bits per heavy atom. The van der Waals surface area contributed by atoms with E-state index in [4.69, 9.17) is 31.0 Å². The fourth-order valence-electron chi connectivity index (χ4n) is 1.30. The maximum absolute atomic E-state index is 8.56. The molecule has 5 nitrogen and oxygen atoms in total. The molecule has 0 spiro atoms. The molecule has 16 heavy (non-hydrogen) atoms. The van der Waals surface area contributed by atoms with Gasteiger partial charge in [-0.2, -0.15) is 0 Å². The van der Waals surface area contributed by atoms with Crippen LogP contribution in [0.1, 0.15) is 5.56 Å². The number of halogens is 1. The second-order valence-corrected chi connectivity index (χ2v) is 3.16. The molecule has 88 valence electrons. The number of oxime groups is 1. The number of nitrogens with zero attached hydrogens (tertiary/aromatic N) is 1. The van der Waals surface area contributed by atoms with E-state index in [1.54, 1.807) is 6.07 Å². The van der Waals surface area contributed by atoms with Crippen molar-refractivity contribution in [3.05, 3.63) is 16.7 Å². The third-order valence-corrected chi connectivity index (χ3v) is 2.38. The van der Waals surface area contributed by atoms with Gasteiger partial charge in [0.25, 0.3) is 0 Å². The Kier molecular flexibility index (Phi) is 4.25. The highest BCUT2D eigenvalue weighted by atomic mass is 35.5. The molecule has 0 saturated carbocycles. The first-order valence-corrected chi connectivity index (χ1v) is 4.73. The Morgan fingerprint density at radius 3 is 2.25 bits per heavy atom. The number of methoxy groups -OCH3 is 3. The summed E-state index contributed by atoms with van der Waals surface area (Å²) < 4.78 is 15.3. The van der Waals surface area contributed by atoms with Crippen LogP contribution in [0, 0.1) is 0 Å². The first kappa shape index (κ1) is 12.4. The van der Waals surface area contributed by atoms with Gasteiger partial charge in [-0.25, -0.2) is 0 Å². The molecule has 1 aromatic carbocycles. The van der Waals surface area contributed by atoms with Crippen LogP contribution >= 0.6 is 11.6 Å². The molecule has 0 atom stereocenters. The van der Waals surface area contributed by atoms with Gasteiger partial charge in [-0.3, -0.25) is 0 Å². The van der Waals surface area contributed by atoms with Crippen molar-refractivity contribution < 1.29 is 19.4 Å². The van der Waals surface area contributed by atoms with Crippen LogP contribution in [-0.4, -0.2) is 32.8 Å². The molecule has 1 rings (SSSR count). The summed E-state index contributed by atoms with van der Waals surface area (Å²) in [4.78, 5) is 0. The zero-order valence-electron chi connectivity index (χ0n) is 9.15. The van der Waals surface area contributed by atoms with Crippen molar-refractivity contribution >= 4 is 17.8 Å². The maximum atomic E-state index is 8.56. The van der Waals surface area contributed by atoms with Crippen LogP contribution in [0.4, 0.5) is 0 Å². The van der Waals surface area contributed by atoms with Crippen molar-refractivity contribution in [2.45, 2.75) is 0 Å². The summed E-state index contributed by atoms with van der Waals surface area (Å²) in [5.74, 6) is 1.19.